The number of nitrogens with zero attached hydrogens (tertiary/aromatic N) is 1. The Bertz CT molecular complexity index is 925. The fourth-order valence-electron chi connectivity index (χ4n) is 3.20. The molecule has 4 rings (SSSR count). The number of hydrogen-bond donors (Lipinski definition) is 0. The number of aryl methyl sites for hydroxylation is 1. The number of fused-ring (bicyclic) bond motifs is 1. The Kier molecular flexibility index (Phi) is 3.92. The van der Waals surface area contributed by atoms with Gasteiger partial charge < -0.3 is 14.0 Å². The van der Waals surface area contributed by atoms with E-state index in [9.17, 15) is 4.79 Å². The molecule has 1 aliphatic heterocycles. The van der Waals surface area contributed by atoms with Gasteiger partial charge in [0, 0.05) is 11.5 Å². The highest BCUT2D eigenvalue weighted by atomic mass is 16.7. The molecule has 1 saturated heterocycles. The summed E-state index contributed by atoms with van der Waals surface area (Å²) in [6, 6.07) is 17.9. The minimum Gasteiger partial charge on any atom is -0.348 e. The van der Waals surface area contributed by atoms with Gasteiger partial charge in [0.15, 0.2) is 6.29 Å². The predicted molar refractivity (Wildman–Crippen MR) is 94.1 cm³/mol. The molecule has 0 aliphatic carbocycles. The van der Waals surface area contributed by atoms with Crippen molar-refractivity contribution < 1.29 is 9.47 Å². The van der Waals surface area contributed by atoms with Crippen LogP contribution in [-0.4, -0.2) is 24.1 Å². The lowest BCUT2D eigenvalue weighted by atomic mass is 10.00. The Labute approximate surface area is 140 Å². The third kappa shape index (κ3) is 2.75. The van der Waals surface area contributed by atoms with Crippen LogP contribution in [0.15, 0.2) is 59.4 Å². The maximum absolute atomic E-state index is 12.8. The summed E-state index contributed by atoms with van der Waals surface area (Å²) in [6.45, 7) is 3.61. The maximum atomic E-state index is 12.8. The number of benzene rings is 2. The van der Waals surface area contributed by atoms with Crippen LogP contribution in [0.4, 0.5) is 0 Å². The van der Waals surface area contributed by atoms with Crippen LogP contribution in [0.25, 0.3) is 22.0 Å². The molecule has 2 aromatic carbocycles. The number of pyridine rings is 1. The van der Waals surface area contributed by atoms with Crippen molar-refractivity contribution in [3.8, 4) is 11.1 Å². The SMILES string of the molecule is Cc1ccc2c(-c3ccccc3)cc(=O)n(CC3OCCO3)c2c1. The third-order valence-corrected chi connectivity index (χ3v) is 4.38. The van der Waals surface area contributed by atoms with Gasteiger partial charge >= 0.3 is 0 Å². The summed E-state index contributed by atoms with van der Waals surface area (Å²) in [7, 11) is 0. The van der Waals surface area contributed by atoms with E-state index in [0.29, 0.717) is 19.8 Å². The zero-order chi connectivity index (χ0) is 16.5. The van der Waals surface area contributed by atoms with Crippen molar-refractivity contribution in [3.05, 3.63) is 70.5 Å². The van der Waals surface area contributed by atoms with Gasteiger partial charge in [0.1, 0.15) is 0 Å². The van der Waals surface area contributed by atoms with Crippen LogP contribution < -0.4 is 5.56 Å². The highest BCUT2D eigenvalue weighted by Gasteiger charge is 2.19. The van der Waals surface area contributed by atoms with Gasteiger partial charge in [-0.15, -0.1) is 0 Å². The fraction of sp³-hybridized carbons (Fsp3) is 0.250. The molecule has 1 aromatic heterocycles. The predicted octanol–water partition coefficient (Wildman–Crippen LogP) is 3.35. The molecule has 1 aliphatic rings. The van der Waals surface area contributed by atoms with E-state index in [-0.39, 0.29) is 11.8 Å². The van der Waals surface area contributed by atoms with E-state index >= 15 is 0 Å². The molecule has 122 valence electrons. The molecule has 0 bridgehead atoms. The van der Waals surface area contributed by atoms with Crippen LogP contribution >= 0.6 is 0 Å². The summed E-state index contributed by atoms with van der Waals surface area (Å²) in [4.78, 5) is 12.8. The first kappa shape index (κ1) is 15.1. The first-order chi connectivity index (χ1) is 11.7. The molecule has 0 saturated carbocycles. The molecule has 0 radical (unpaired) electrons. The second-order valence-corrected chi connectivity index (χ2v) is 6.06. The average Bonchev–Trinajstić information content (AvgIpc) is 3.11. The molecular weight excluding hydrogens is 302 g/mol. The minimum atomic E-state index is -0.353. The zero-order valence-electron chi connectivity index (χ0n) is 13.6. The van der Waals surface area contributed by atoms with Crippen LogP contribution in [0.1, 0.15) is 5.56 Å². The molecule has 4 heteroatoms. The first-order valence-corrected chi connectivity index (χ1v) is 8.15. The van der Waals surface area contributed by atoms with Gasteiger partial charge in [0.2, 0.25) is 0 Å². The normalized spacial score (nSPS) is 15.2. The molecule has 0 atom stereocenters. The van der Waals surface area contributed by atoms with E-state index < -0.39 is 0 Å². The van der Waals surface area contributed by atoms with Crippen molar-refractivity contribution in [2.24, 2.45) is 0 Å². The minimum absolute atomic E-state index is 0.0361. The molecule has 0 unspecified atom stereocenters. The number of aromatic nitrogens is 1. The summed E-state index contributed by atoms with van der Waals surface area (Å²) in [5.74, 6) is 0. The van der Waals surface area contributed by atoms with Crippen molar-refractivity contribution in [1.29, 1.82) is 0 Å². The largest absolute Gasteiger partial charge is 0.348 e. The maximum Gasteiger partial charge on any atom is 0.251 e. The van der Waals surface area contributed by atoms with Gasteiger partial charge in [-0.2, -0.15) is 0 Å². The molecule has 0 N–H and O–H groups in total. The summed E-state index contributed by atoms with van der Waals surface area (Å²) in [5, 5.41) is 1.06. The Balaban J connectivity index is 1.93. The highest BCUT2D eigenvalue weighted by Crippen LogP contribution is 2.28. The van der Waals surface area contributed by atoms with Crippen LogP contribution in [0.5, 0.6) is 0 Å². The molecular formula is C20H19NO3. The van der Waals surface area contributed by atoms with Gasteiger partial charge in [0.05, 0.1) is 25.3 Å². The van der Waals surface area contributed by atoms with Crippen molar-refractivity contribution in [2.45, 2.75) is 19.8 Å². The fourth-order valence-corrected chi connectivity index (χ4v) is 3.20. The zero-order valence-corrected chi connectivity index (χ0v) is 13.6. The second-order valence-electron chi connectivity index (χ2n) is 6.06. The van der Waals surface area contributed by atoms with E-state index in [4.69, 9.17) is 9.47 Å². The van der Waals surface area contributed by atoms with Gasteiger partial charge in [-0.05, 0) is 29.7 Å². The highest BCUT2D eigenvalue weighted by molar-refractivity contribution is 5.94. The second kappa shape index (κ2) is 6.23. The summed E-state index contributed by atoms with van der Waals surface area (Å²) < 4.78 is 12.8. The van der Waals surface area contributed by atoms with E-state index in [1.807, 2.05) is 37.3 Å². The quantitative estimate of drug-likeness (QED) is 0.743. The van der Waals surface area contributed by atoms with Crippen LogP contribution in [0.2, 0.25) is 0 Å². The summed E-state index contributed by atoms with van der Waals surface area (Å²) >= 11 is 0. The van der Waals surface area contributed by atoms with Gasteiger partial charge in [-0.25, -0.2) is 0 Å². The molecule has 3 aromatic rings. The standard InChI is InChI=1S/C20H19NO3/c1-14-7-8-16-17(15-5-3-2-4-6-15)12-19(22)21(18(16)11-14)13-20-23-9-10-24-20/h2-8,11-12,20H,9-10,13H2,1H3. The van der Waals surface area contributed by atoms with Gasteiger partial charge in [-0.1, -0.05) is 42.5 Å². The molecule has 24 heavy (non-hydrogen) atoms. The first-order valence-electron chi connectivity index (χ1n) is 8.15. The van der Waals surface area contributed by atoms with Crippen LogP contribution in [0.3, 0.4) is 0 Å². The Morgan fingerprint density at radius 1 is 1.04 bits per heavy atom. The van der Waals surface area contributed by atoms with Crippen LogP contribution in [0, 0.1) is 6.92 Å². The number of hydrogen-bond acceptors (Lipinski definition) is 3. The number of rotatable bonds is 3. The van der Waals surface area contributed by atoms with Crippen LogP contribution in [-0.2, 0) is 16.0 Å². The molecule has 4 nitrogen and oxygen atoms in total. The molecule has 2 heterocycles. The van der Waals surface area contributed by atoms with E-state index in [2.05, 4.69) is 18.2 Å². The molecule has 1 fully saturated rings. The van der Waals surface area contributed by atoms with E-state index in [1.165, 1.54) is 0 Å². The van der Waals surface area contributed by atoms with Gasteiger partial charge in [-0.3, -0.25) is 4.79 Å². The van der Waals surface area contributed by atoms with E-state index in [0.717, 1.165) is 27.6 Å². The Morgan fingerprint density at radius 3 is 2.54 bits per heavy atom. The van der Waals surface area contributed by atoms with Crippen molar-refractivity contribution in [1.82, 2.24) is 4.57 Å². The Morgan fingerprint density at radius 2 is 1.79 bits per heavy atom. The third-order valence-electron chi connectivity index (χ3n) is 4.38. The topological polar surface area (TPSA) is 40.5 Å². The molecule has 0 spiro atoms. The summed E-state index contributed by atoms with van der Waals surface area (Å²) in [5.41, 5.74) is 4.00. The lowest BCUT2D eigenvalue weighted by Gasteiger charge is -2.17. The van der Waals surface area contributed by atoms with Crippen molar-refractivity contribution in [2.75, 3.05) is 13.2 Å². The lowest BCUT2D eigenvalue weighted by molar-refractivity contribution is -0.0522. The van der Waals surface area contributed by atoms with Crippen molar-refractivity contribution in [3.63, 3.8) is 0 Å². The summed E-state index contributed by atoms with van der Waals surface area (Å²) in [6.07, 6.45) is -0.353. The lowest BCUT2D eigenvalue weighted by Crippen LogP contribution is -2.27. The number of ether oxygens (including phenoxy) is 2. The van der Waals surface area contributed by atoms with E-state index in [1.54, 1.807) is 10.6 Å². The monoisotopic (exact) mass is 321 g/mol. The Hall–Kier alpha value is -2.43. The van der Waals surface area contributed by atoms with Gasteiger partial charge in [0.25, 0.3) is 5.56 Å². The average molecular weight is 321 g/mol. The van der Waals surface area contributed by atoms with Crippen molar-refractivity contribution >= 4 is 10.9 Å². The molecule has 0 amide bonds. The smallest absolute Gasteiger partial charge is 0.251 e.